The Morgan fingerprint density at radius 2 is 1.45 bits per heavy atom. The van der Waals surface area contributed by atoms with Gasteiger partial charge in [-0.25, -0.2) is 0 Å². The number of amides is 1. The number of ether oxygens (including phenoxy) is 2. The zero-order valence-electron chi connectivity index (χ0n) is 20.9. The van der Waals surface area contributed by atoms with Crippen molar-refractivity contribution in [1.82, 2.24) is 15.1 Å². The van der Waals surface area contributed by atoms with E-state index in [1.54, 1.807) is 0 Å². The van der Waals surface area contributed by atoms with Crippen LogP contribution in [-0.2, 0) is 27.4 Å². The Morgan fingerprint density at radius 1 is 0.903 bits per heavy atom. The lowest BCUT2D eigenvalue weighted by atomic mass is 10.1. The molecule has 31 heavy (non-hydrogen) atoms. The molecular formula is C25H47N3O3. The summed E-state index contributed by atoms with van der Waals surface area (Å²) >= 11 is 0. The van der Waals surface area contributed by atoms with Crippen molar-refractivity contribution in [3.8, 4) is 0 Å². The Labute approximate surface area is 191 Å². The standard InChI is InChI=1S/C20H33N3O3.C3H8.C2H6/c1-3-25-14-15-26-13-8-20(24)23-11-9-22(10-12-23)17-19-6-4-18(5-7-19)16-21-2;1-3-2;1-2/h4-7,21H,3,8-17H2,1-2H3;3H2,1-2H3;1-2H3. The van der Waals surface area contributed by atoms with Crippen molar-refractivity contribution in [3.05, 3.63) is 35.4 Å². The number of hydrogen-bond donors (Lipinski definition) is 1. The minimum absolute atomic E-state index is 0.192. The fourth-order valence-electron chi connectivity index (χ4n) is 3.06. The first-order valence-electron chi connectivity index (χ1n) is 12.0. The maximum atomic E-state index is 12.2. The van der Waals surface area contributed by atoms with Crippen LogP contribution in [-0.4, -0.2) is 75.4 Å². The smallest absolute Gasteiger partial charge is 0.224 e. The van der Waals surface area contributed by atoms with Gasteiger partial charge in [-0.05, 0) is 25.1 Å². The number of carbonyl (C=O) groups is 1. The topological polar surface area (TPSA) is 54.0 Å². The molecule has 0 aliphatic carbocycles. The Kier molecular flexibility index (Phi) is 19.5. The SMILES string of the molecule is CC.CCC.CCOCCOCCC(=O)N1CCN(Cc2ccc(CNC)cc2)CC1. The third-order valence-electron chi connectivity index (χ3n) is 4.57. The molecule has 0 unspecified atom stereocenters. The van der Waals surface area contributed by atoms with Crippen LogP contribution >= 0.6 is 0 Å². The molecule has 1 amide bonds. The van der Waals surface area contributed by atoms with E-state index in [0.29, 0.717) is 32.8 Å². The molecule has 0 spiro atoms. The van der Waals surface area contributed by atoms with Gasteiger partial charge in [-0.3, -0.25) is 9.69 Å². The fraction of sp³-hybridized carbons (Fsp3) is 0.720. The Hall–Kier alpha value is -1.47. The molecule has 1 aliphatic heterocycles. The van der Waals surface area contributed by atoms with Crippen molar-refractivity contribution in [2.24, 2.45) is 0 Å². The van der Waals surface area contributed by atoms with Crippen molar-refractivity contribution >= 4 is 5.91 Å². The number of piperazine rings is 1. The van der Waals surface area contributed by atoms with Gasteiger partial charge in [0.2, 0.25) is 5.91 Å². The summed E-state index contributed by atoms with van der Waals surface area (Å²) in [6, 6.07) is 8.75. The van der Waals surface area contributed by atoms with Gasteiger partial charge >= 0.3 is 0 Å². The zero-order chi connectivity index (χ0) is 23.3. The maximum Gasteiger partial charge on any atom is 0.224 e. The van der Waals surface area contributed by atoms with Gasteiger partial charge in [0.1, 0.15) is 0 Å². The first-order valence-corrected chi connectivity index (χ1v) is 12.0. The first kappa shape index (κ1) is 29.5. The maximum absolute atomic E-state index is 12.2. The highest BCUT2D eigenvalue weighted by Crippen LogP contribution is 2.11. The largest absolute Gasteiger partial charge is 0.379 e. The summed E-state index contributed by atoms with van der Waals surface area (Å²) in [7, 11) is 1.96. The third-order valence-corrected chi connectivity index (χ3v) is 4.57. The van der Waals surface area contributed by atoms with Crippen molar-refractivity contribution in [3.63, 3.8) is 0 Å². The highest BCUT2D eigenvalue weighted by atomic mass is 16.5. The molecular weight excluding hydrogens is 390 g/mol. The molecule has 6 nitrogen and oxygen atoms in total. The van der Waals surface area contributed by atoms with Crippen LogP contribution in [0.3, 0.4) is 0 Å². The second kappa shape index (κ2) is 20.4. The molecule has 0 saturated carbocycles. The molecule has 1 aliphatic rings. The monoisotopic (exact) mass is 437 g/mol. The van der Waals surface area contributed by atoms with E-state index >= 15 is 0 Å². The summed E-state index contributed by atoms with van der Waals surface area (Å²) < 4.78 is 10.6. The van der Waals surface area contributed by atoms with Gasteiger partial charge in [0.25, 0.3) is 0 Å². The van der Waals surface area contributed by atoms with Crippen LogP contribution < -0.4 is 5.32 Å². The highest BCUT2D eigenvalue weighted by Gasteiger charge is 2.20. The van der Waals surface area contributed by atoms with E-state index in [1.165, 1.54) is 17.5 Å². The number of benzene rings is 1. The molecule has 180 valence electrons. The summed E-state index contributed by atoms with van der Waals surface area (Å²) in [6.07, 6.45) is 1.71. The van der Waals surface area contributed by atoms with Gasteiger partial charge < -0.3 is 19.7 Å². The van der Waals surface area contributed by atoms with Crippen molar-refractivity contribution in [2.75, 3.05) is 59.7 Å². The van der Waals surface area contributed by atoms with Crippen molar-refractivity contribution in [1.29, 1.82) is 0 Å². The average Bonchev–Trinajstić information content (AvgIpc) is 2.80. The molecule has 1 aromatic rings. The Balaban J connectivity index is 0.00000165. The van der Waals surface area contributed by atoms with Gasteiger partial charge in [0, 0.05) is 45.9 Å². The quantitative estimate of drug-likeness (QED) is 0.532. The van der Waals surface area contributed by atoms with Gasteiger partial charge in [-0.15, -0.1) is 0 Å². The minimum Gasteiger partial charge on any atom is -0.379 e. The lowest BCUT2D eigenvalue weighted by molar-refractivity contribution is -0.134. The number of nitrogens with zero attached hydrogens (tertiary/aromatic N) is 2. The summed E-state index contributed by atoms with van der Waals surface area (Å²) in [5.74, 6) is 0.192. The number of nitrogens with one attached hydrogen (secondary N) is 1. The second-order valence-corrected chi connectivity index (χ2v) is 7.27. The lowest BCUT2D eigenvalue weighted by Gasteiger charge is -2.34. The number of hydrogen-bond acceptors (Lipinski definition) is 5. The van der Waals surface area contributed by atoms with Crippen LogP contribution in [0.5, 0.6) is 0 Å². The zero-order valence-corrected chi connectivity index (χ0v) is 20.9. The predicted octanol–water partition coefficient (Wildman–Crippen LogP) is 3.94. The van der Waals surface area contributed by atoms with E-state index < -0.39 is 0 Å². The minimum atomic E-state index is 0.192. The average molecular weight is 438 g/mol. The van der Waals surface area contributed by atoms with E-state index in [2.05, 4.69) is 48.3 Å². The van der Waals surface area contributed by atoms with Crippen LogP contribution in [0.15, 0.2) is 24.3 Å². The summed E-state index contributed by atoms with van der Waals surface area (Å²) in [5.41, 5.74) is 2.63. The van der Waals surface area contributed by atoms with Crippen LogP contribution in [0.2, 0.25) is 0 Å². The number of rotatable bonds is 11. The lowest BCUT2D eigenvalue weighted by Crippen LogP contribution is -2.48. The van der Waals surface area contributed by atoms with E-state index in [-0.39, 0.29) is 5.91 Å². The van der Waals surface area contributed by atoms with Crippen LogP contribution in [0.4, 0.5) is 0 Å². The van der Waals surface area contributed by atoms with E-state index in [9.17, 15) is 4.79 Å². The van der Waals surface area contributed by atoms with Crippen molar-refractivity contribution < 1.29 is 14.3 Å². The van der Waals surface area contributed by atoms with E-state index in [4.69, 9.17) is 9.47 Å². The van der Waals surface area contributed by atoms with Gasteiger partial charge in [0.05, 0.1) is 26.2 Å². The molecule has 0 aromatic heterocycles. The second-order valence-electron chi connectivity index (χ2n) is 7.27. The molecule has 1 heterocycles. The molecule has 0 radical (unpaired) electrons. The molecule has 2 rings (SSSR count). The van der Waals surface area contributed by atoms with Crippen LogP contribution in [0.1, 0.15) is 58.6 Å². The normalized spacial score (nSPS) is 13.7. The predicted molar refractivity (Wildman–Crippen MR) is 130 cm³/mol. The van der Waals surface area contributed by atoms with Crippen molar-refractivity contribution in [2.45, 2.75) is 60.5 Å². The summed E-state index contributed by atoms with van der Waals surface area (Å²) in [5, 5.41) is 3.16. The first-order chi connectivity index (χ1) is 15.1. The van der Waals surface area contributed by atoms with E-state index in [1.807, 2.05) is 32.7 Å². The molecule has 1 fully saturated rings. The third kappa shape index (κ3) is 14.3. The summed E-state index contributed by atoms with van der Waals surface area (Å²) in [6.45, 7) is 17.8. The van der Waals surface area contributed by atoms with Gasteiger partial charge in [-0.2, -0.15) is 0 Å². The number of carbonyl (C=O) groups excluding carboxylic acids is 1. The highest BCUT2D eigenvalue weighted by molar-refractivity contribution is 5.76. The Bertz CT molecular complexity index is 529. The summed E-state index contributed by atoms with van der Waals surface area (Å²) in [4.78, 5) is 16.6. The fourth-order valence-corrected chi connectivity index (χ4v) is 3.06. The van der Waals surface area contributed by atoms with Crippen LogP contribution in [0.25, 0.3) is 0 Å². The molecule has 1 aromatic carbocycles. The van der Waals surface area contributed by atoms with E-state index in [0.717, 1.165) is 39.3 Å². The molecule has 1 N–H and O–H groups in total. The van der Waals surface area contributed by atoms with Gasteiger partial charge in [0.15, 0.2) is 0 Å². The molecule has 0 bridgehead atoms. The molecule has 0 atom stereocenters. The Morgan fingerprint density at radius 3 is 2.00 bits per heavy atom. The van der Waals surface area contributed by atoms with Crippen LogP contribution in [0, 0.1) is 0 Å². The molecule has 6 heteroatoms. The molecule has 1 saturated heterocycles. The van der Waals surface area contributed by atoms with Gasteiger partial charge in [-0.1, -0.05) is 58.4 Å².